The Morgan fingerprint density at radius 2 is 2.12 bits per heavy atom. The molecule has 3 nitrogen and oxygen atoms in total. The van der Waals surface area contributed by atoms with E-state index in [4.69, 9.17) is 5.26 Å². The highest BCUT2D eigenvalue weighted by atomic mass is 127. The van der Waals surface area contributed by atoms with Gasteiger partial charge in [-0.3, -0.25) is 4.79 Å². The molecule has 4 heteroatoms. The van der Waals surface area contributed by atoms with Crippen molar-refractivity contribution >= 4 is 28.6 Å². The Balaban J connectivity index is 3.17. The van der Waals surface area contributed by atoms with Crippen molar-refractivity contribution in [2.45, 2.75) is 19.8 Å². The van der Waals surface area contributed by atoms with E-state index >= 15 is 0 Å². The summed E-state index contributed by atoms with van der Waals surface area (Å²) < 4.78 is 5.53. The average molecular weight is 329 g/mol. The summed E-state index contributed by atoms with van der Waals surface area (Å²) in [7, 11) is 1.35. The zero-order valence-electron chi connectivity index (χ0n) is 9.21. The number of aryl methyl sites for hydroxylation is 1. The first-order valence-corrected chi connectivity index (χ1v) is 5.99. The van der Waals surface area contributed by atoms with Crippen LogP contribution < -0.4 is 0 Å². The highest BCUT2D eigenvalue weighted by molar-refractivity contribution is 14.1. The minimum absolute atomic E-state index is 0.152. The quantitative estimate of drug-likeness (QED) is 0.632. The van der Waals surface area contributed by atoms with Crippen molar-refractivity contribution in [3.63, 3.8) is 0 Å². The number of carbonyl (C=O) groups excluding carboxylic acids is 1. The summed E-state index contributed by atoms with van der Waals surface area (Å²) in [5.74, 6) is -0.323. The summed E-state index contributed by atoms with van der Waals surface area (Å²) in [5.41, 5.74) is 2.45. The van der Waals surface area contributed by atoms with Gasteiger partial charge in [0.15, 0.2) is 0 Å². The maximum Gasteiger partial charge on any atom is 0.310 e. The van der Waals surface area contributed by atoms with Gasteiger partial charge in [-0.25, -0.2) is 0 Å². The molecule has 0 saturated carbocycles. The summed E-state index contributed by atoms with van der Waals surface area (Å²) >= 11 is 2.15. The summed E-state index contributed by atoms with van der Waals surface area (Å²) in [6, 6.07) is 5.94. The van der Waals surface area contributed by atoms with Gasteiger partial charge in [-0.05, 0) is 40.1 Å². The van der Waals surface area contributed by atoms with Crippen LogP contribution in [0.2, 0.25) is 0 Å². The number of hydrogen-bond acceptors (Lipinski definition) is 3. The molecule has 0 aliphatic rings. The van der Waals surface area contributed by atoms with Crippen molar-refractivity contribution in [1.82, 2.24) is 0 Å². The van der Waals surface area contributed by atoms with Crippen LogP contribution in [0.25, 0.3) is 0 Å². The summed E-state index contributed by atoms with van der Waals surface area (Å²) in [4.78, 5) is 11.2. The Hall–Kier alpha value is -1.09. The minimum Gasteiger partial charge on any atom is -0.469 e. The van der Waals surface area contributed by atoms with Crippen molar-refractivity contribution in [3.05, 3.63) is 32.4 Å². The number of nitrogens with zero attached hydrogens (tertiary/aromatic N) is 1. The molecule has 0 aliphatic heterocycles. The van der Waals surface area contributed by atoms with Gasteiger partial charge < -0.3 is 4.74 Å². The number of halogens is 1. The minimum atomic E-state index is -0.323. The third-order valence-electron chi connectivity index (χ3n) is 2.36. The van der Waals surface area contributed by atoms with E-state index < -0.39 is 0 Å². The van der Waals surface area contributed by atoms with E-state index in [2.05, 4.69) is 33.4 Å². The van der Waals surface area contributed by atoms with Gasteiger partial charge in [0.2, 0.25) is 0 Å². The van der Waals surface area contributed by atoms with Crippen LogP contribution in [0.1, 0.15) is 23.6 Å². The van der Waals surface area contributed by atoms with Gasteiger partial charge in [-0.15, -0.1) is 0 Å². The lowest BCUT2D eigenvalue weighted by Gasteiger charge is -2.08. The van der Waals surface area contributed by atoms with Crippen LogP contribution in [0.5, 0.6) is 0 Å². The van der Waals surface area contributed by atoms with Crippen LogP contribution in [0.15, 0.2) is 12.1 Å². The molecule has 0 N–H and O–H groups in total. The second-order valence-electron chi connectivity index (χ2n) is 3.29. The zero-order chi connectivity index (χ0) is 12.1. The predicted octanol–water partition coefficient (Wildman–Crippen LogP) is 2.44. The third-order valence-corrected chi connectivity index (χ3v) is 3.60. The van der Waals surface area contributed by atoms with Crippen LogP contribution in [-0.4, -0.2) is 13.1 Å². The fourth-order valence-corrected chi connectivity index (χ4v) is 2.46. The van der Waals surface area contributed by atoms with Gasteiger partial charge in [0.05, 0.1) is 19.1 Å². The molecule has 0 amide bonds. The molecule has 0 radical (unpaired) electrons. The third kappa shape index (κ3) is 2.73. The van der Waals surface area contributed by atoms with Gasteiger partial charge in [0.25, 0.3) is 0 Å². The molecule has 0 aromatic heterocycles. The lowest BCUT2D eigenvalue weighted by molar-refractivity contribution is -0.139. The predicted molar refractivity (Wildman–Crippen MR) is 69.0 cm³/mol. The highest BCUT2D eigenvalue weighted by Gasteiger charge is 2.13. The maximum atomic E-state index is 11.2. The lowest BCUT2D eigenvalue weighted by atomic mass is 10.0. The number of esters is 1. The molecular weight excluding hydrogens is 317 g/mol. The van der Waals surface area contributed by atoms with Crippen molar-refractivity contribution < 1.29 is 9.53 Å². The first-order valence-electron chi connectivity index (χ1n) is 4.91. The molecule has 1 rings (SSSR count). The molecule has 0 fully saturated rings. The highest BCUT2D eigenvalue weighted by Crippen LogP contribution is 2.22. The molecule has 84 valence electrons. The van der Waals surface area contributed by atoms with Crippen molar-refractivity contribution in [1.29, 1.82) is 5.26 Å². The van der Waals surface area contributed by atoms with E-state index in [1.165, 1.54) is 7.11 Å². The van der Waals surface area contributed by atoms with E-state index in [0.29, 0.717) is 5.56 Å². The van der Waals surface area contributed by atoms with Gasteiger partial charge in [0.1, 0.15) is 6.07 Å². The second kappa shape index (κ2) is 5.85. The Kier molecular flexibility index (Phi) is 4.74. The summed E-state index contributed by atoms with van der Waals surface area (Å²) in [5, 5.41) is 9.10. The van der Waals surface area contributed by atoms with Gasteiger partial charge in [-0.2, -0.15) is 5.26 Å². The number of rotatable bonds is 3. The van der Waals surface area contributed by atoms with E-state index in [1.54, 1.807) is 0 Å². The monoisotopic (exact) mass is 329 g/mol. The first kappa shape index (κ1) is 13.0. The molecule has 0 atom stereocenters. The Labute approximate surface area is 109 Å². The number of ether oxygens (including phenoxy) is 1. The molecule has 0 unspecified atom stereocenters. The fourth-order valence-electron chi connectivity index (χ4n) is 1.43. The number of hydrogen-bond donors (Lipinski definition) is 0. The van der Waals surface area contributed by atoms with Crippen molar-refractivity contribution in [3.8, 4) is 6.07 Å². The molecule has 0 heterocycles. The Bertz CT molecular complexity index is 449. The number of methoxy groups -OCH3 is 1. The maximum absolute atomic E-state index is 11.2. The molecule has 0 bridgehead atoms. The van der Waals surface area contributed by atoms with Gasteiger partial charge in [0, 0.05) is 3.57 Å². The first-order chi connectivity index (χ1) is 7.63. The molecule has 1 aromatic carbocycles. The number of nitriles is 1. The van der Waals surface area contributed by atoms with Crippen LogP contribution in [0.4, 0.5) is 0 Å². The SMILES string of the molecule is CCc1ccc(CC(=O)OC)c(C#N)c1I. The van der Waals surface area contributed by atoms with E-state index in [9.17, 15) is 4.79 Å². The van der Waals surface area contributed by atoms with Gasteiger partial charge in [-0.1, -0.05) is 19.1 Å². The van der Waals surface area contributed by atoms with Crippen LogP contribution in [0.3, 0.4) is 0 Å². The average Bonchev–Trinajstić information content (AvgIpc) is 2.29. The number of benzene rings is 1. The number of carbonyl (C=O) groups is 1. The smallest absolute Gasteiger partial charge is 0.310 e. The van der Waals surface area contributed by atoms with Crippen molar-refractivity contribution in [2.75, 3.05) is 7.11 Å². The summed E-state index contributed by atoms with van der Waals surface area (Å²) in [6.45, 7) is 2.04. The molecule has 16 heavy (non-hydrogen) atoms. The van der Waals surface area contributed by atoms with Crippen molar-refractivity contribution in [2.24, 2.45) is 0 Å². The molecule has 1 aromatic rings. The molecular formula is C12H12INO2. The van der Waals surface area contributed by atoms with E-state index in [1.807, 2.05) is 19.1 Å². The van der Waals surface area contributed by atoms with E-state index in [-0.39, 0.29) is 12.4 Å². The van der Waals surface area contributed by atoms with Gasteiger partial charge >= 0.3 is 5.97 Å². The van der Waals surface area contributed by atoms with Crippen LogP contribution in [0, 0.1) is 14.9 Å². The largest absolute Gasteiger partial charge is 0.469 e. The standard InChI is InChI=1S/C12H12INO2/c1-3-8-4-5-9(6-11(15)16-2)10(7-14)12(8)13/h4-5H,3,6H2,1-2H3. The zero-order valence-corrected chi connectivity index (χ0v) is 11.4. The lowest BCUT2D eigenvalue weighted by Crippen LogP contribution is -2.07. The normalized spacial score (nSPS) is 9.62. The molecule has 0 aliphatic carbocycles. The molecule has 0 spiro atoms. The Morgan fingerprint density at radius 3 is 2.62 bits per heavy atom. The van der Waals surface area contributed by atoms with E-state index in [0.717, 1.165) is 21.1 Å². The summed E-state index contributed by atoms with van der Waals surface area (Å²) in [6.07, 6.45) is 1.03. The topological polar surface area (TPSA) is 50.1 Å². The second-order valence-corrected chi connectivity index (χ2v) is 4.37. The van der Waals surface area contributed by atoms with Crippen LogP contribution in [-0.2, 0) is 22.4 Å². The fraction of sp³-hybridized carbons (Fsp3) is 0.333. The van der Waals surface area contributed by atoms with Crippen LogP contribution >= 0.6 is 22.6 Å². The Morgan fingerprint density at radius 1 is 1.50 bits per heavy atom. The molecule has 0 saturated heterocycles.